The molecule has 1 unspecified atom stereocenters. The molecule has 106 valence electrons. The number of rotatable bonds is 1. The predicted octanol–water partition coefficient (Wildman–Crippen LogP) is 3.55. The minimum atomic E-state index is -0.379. The monoisotopic (exact) mass is 277 g/mol. The van der Waals surface area contributed by atoms with Crippen molar-refractivity contribution in [3.63, 3.8) is 0 Å². The van der Waals surface area contributed by atoms with E-state index >= 15 is 0 Å². The number of para-hydroxylation sites is 1. The molecule has 0 fully saturated rings. The van der Waals surface area contributed by atoms with E-state index in [-0.39, 0.29) is 11.3 Å². The second kappa shape index (κ2) is 4.20. The van der Waals surface area contributed by atoms with Crippen LogP contribution in [0.25, 0.3) is 0 Å². The van der Waals surface area contributed by atoms with Gasteiger partial charge in [0, 0.05) is 5.69 Å². The van der Waals surface area contributed by atoms with Gasteiger partial charge in [-0.1, -0.05) is 43.3 Å². The summed E-state index contributed by atoms with van der Waals surface area (Å²) in [6.07, 6.45) is 2.70. The first-order valence-corrected chi connectivity index (χ1v) is 7.66. The normalized spacial score (nSPS) is 22.3. The van der Waals surface area contributed by atoms with Crippen molar-refractivity contribution in [2.45, 2.75) is 38.5 Å². The molecule has 1 aliphatic heterocycles. The summed E-state index contributed by atoms with van der Waals surface area (Å²) in [4.78, 5) is 12.7. The van der Waals surface area contributed by atoms with Crippen molar-refractivity contribution >= 4 is 11.6 Å². The molecule has 21 heavy (non-hydrogen) atoms. The molecule has 1 heterocycles. The zero-order chi connectivity index (χ0) is 14.6. The first-order chi connectivity index (χ1) is 10.1. The van der Waals surface area contributed by atoms with Gasteiger partial charge in [-0.15, -0.1) is 0 Å². The van der Waals surface area contributed by atoms with Crippen LogP contribution in [0, 0.1) is 6.92 Å². The van der Waals surface area contributed by atoms with Crippen LogP contribution in [0.5, 0.6) is 0 Å². The Balaban J connectivity index is 1.85. The number of fused-ring (bicyclic) bond motifs is 3. The van der Waals surface area contributed by atoms with Crippen LogP contribution in [0.15, 0.2) is 36.4 Å². The minimum absolute atomic E-state index is 0.168. The van der Waals surface area contributed by atoms with E-state index in [2.05, 4.69) is 55.6 Å². The third kappa shape index (κ3) is 1.62. The number of amides is 1. The number of hydrogen-bond donors (Lipinski definition) is 1. The maximum Gasteiger partial charge on any atom is 0.235 e. The van der Waals surface area contributed by atoms with E-state index in [4.69, 9.17) is 0 Å². The number of hydrogen-bond acceptors (Lipinski definition) is 1. The lowest BCUT2D eigenvalue weighted by Gasteiger charge is -2.20. The quantitative estimate of drug-likeness (QED) is 0.848. The van der Waals surface area contributed by atoms with Gasteiger partial charge in [0.05, 0.1) is 5.41 Å². The van der Waals surface area contributed by atoms with Gasteiger partial charge in [0.25, 0.3) is 0 Å². The Morgan fingerprint density at radius 3 is 2.76 bits per heavy atom. The highest BCUT2D eigenvalue weighted by Crippen LogP contribution is 2.48. The van der Waals surface area contributed by atoms with Crippen LogP contribution in [-0.2, 0) is 29.5 Å². The molecular weight excluding hydrogens is 258 g/mol. The van der Waals surface area contributed by atoms with Gasteiger partial charge >= 0.3 is 0 Å². The van der Waals surface area contributed by atoms with Crippen LogP contribution in [0.2, 0.25) is 0 Å². The number of nitrogens with one attached hydrogen (secondary N) is 1. The molecule has 1 aliphatic carbocycles. The molecule has 2 aromatic carbocycles. The van der Waals surface area contributed by atoms with E-state index in [1.807, 2.05) is 0 Å². The third-order valence-corrected chi connectivity index (χ3v) is 5.12. The van der Waals surface area contributed by atoms with Crippen LogP contribution in [-0.4, -0.2) is 5.91 Å². The van der Waals surface area contributed by atoms with Crippen molar-refractivity contribution in [3.05, 3.63) is 64.2 Å². The van der Waals surface area contributed by atoms with Crippen molar-refractivity contribution in [2.75, 3.05) is 5.32 Å². The fraction of sp³-hybridized carbons (Fsp3) is 0.316. The highest BCUT2D eigenvalue weighted by molar-refractivity contribution is 6.08. The molecule has 1 atom stereocenters. The number of carbonyl (C=O) groups excluding carboxylic acids is 1. The zero-order valence-corrected chi connectivity index (χ0v) is 12.5. The summed E-state index contributed by atoms with van der Waals surface area (Å²) in [5.41, 5.74) is 7.02. The maximum atomic E-state index is 12.7. The number of aryl methyl sites for hydroxylation is 2. The van der Waals surface area contributed by atoms with Gasteiger partial charge in [0.15, 0.2) is 0 Å². The molecule has 2 heteroatoms. The molecule has 0 saturated carbocycles. The third-order valence-electron chi connectivity index (χ3n) is 5.12. The van der Waals surface area contributed by atoms with E-state index in [1.165, 1.54) is 22.3 Å². The molecule has 0 saturated heterocycles. The van der Waals surface area contributed by atoms with Crippen molar-refractivity contribution < 1.29 is 4.79 Å². The van der Waals surface area contributed by atoms with E-state index < -0.39 is 0 Å². The second-order valence-electron chi connectivity index (χ2n) is 6.34. The van der Waals surface area contributed by atoms with Crippen LogP contribution >= 0.6 is 0 Å². The van der Waals surface area contributed by atoms with Gasteiger partial charge < -0.3 is 5.32 Å². The second-order valence-corrected chi connectivity index (χ2v) is 6.34. The Kier molecular flexibility index (Phi) is 2.53. The fourth-order valence-electron chi connectivity index (χ4n) is 3.89. The van der Waals surface area contributed by atoms with Gasteiger partial charge in [0.1, 0.15) is 0 Å². The van der Waals surface area contributed by atoms with Crippen LogP contribution < -0.4 is 5.32 Å². The summed E-state index contributed by atoms with van der Waals surface area (Å²) in [5.74, 6) is 0.168. The molecule has 1 amide bonds. The van der Waals surface area contributed by atoms with Crippen molar-refractivity contribution in [3.8, 4) is 0 Å². The summed E-state index contributed by atoms with van der Waals surface area (Å²) < 4.78 is 0. The maximum absolute atomic E-state index is 12.7. The highest BCUT2D eigenvalue weighted by atomic mass is 16.2. The van der Waals surface area contributed by atoms with Crippen molar-refractivity contribution in [1.29, 1.82) is 0 Å². The molecule has 2 nitrogen and oxygen atoms in total. The summed E-state index contributed by atoms with van der Waals surface area (Å²) >= 11 is 0. The van der Waals surface area contributed by atoms with Gasteiger partial charge in [-0.3, -0.25) is 4.79 Å². The van der Waals surface area contributed by atoms with Crippen LogP contribution in [0.1, 0.15) is 34.7 Å². The lowest BCUT2D eigenvalue weighted by Crippen LogP contribution is -2.35. The Labute approximate surface area is 125 Å². The summed E-state index contributed by atoms with van der Waals surface area (Å²) in [5, 5.41) is 3.12. The number of benzene rings is 2. The molecule has 0 bridgehead atoms. The molecule has 2 aromatic rings. The van der Waals surface area contributed by atoms with Gasteiger partial charge in [-0.2, -0.15) is 0 Å². The van der Waals surface area contributed by atoms with Gasteiger partial charge in [-0.05, 0) is 54.0 Å². The smallest absolute Gasteiger partial charge is 0.235 e. The SMILES string of the molecule is CCc1ccc2c(c1)CC1(C2)C(=O)Nc2c(C)cccc21. The first-order valence-electron chi connectivity index (χ1n) is 7.66. The standard InChI is InChI=1S/C19H19NO/c1-3-13-7-8-14-10-19(11-15(14)9-13)16-6-4-5-12(2)17(16)20-18(19)21/h4-9H,3,10-11H2,1-2H3,(H,20,21). The Morgan fingerprint density at radius 1 is 1.14 bits per heavy atom. The van der Waals surface area contributed by atoms with E-state index in [1.54, 1.807) is 0 Å². The topological polar surface area (TPSA) is 29.1 Å². The Morgan fingerprint density at radius 2 is 1.95 bits per heavy atom. The molecule has 4 rings (SSSR count). The average molecular weight is 277 g/mol. The van der Waals surface area contributed by atoms with Crippen molar-refractivity contribution in [2.24, 2.45) is 0 Å². The van der Waals surface area contributed by atoms with E-state index in [9.17, 15) is 4.79 Å². The first kappa shape index (κ1) is 12.6. The molecule has 1 N–H and O–H groups in total. The highest BCUT2D eigenvalue weighted by Gasteiger charge is 2.50. The average Bonchev–Trinajstić information content (AvgIpc) is 3.00. The molecular formula is C19H19NO. The predicted molar refractivity (Wildman–Crippen MR) is 84.7 cm³/mol. The van der Waals surface area contributed by atoms with E-state index in [0.717, 1.165) is 30.5 Å². The Hall–Kier alpha value is -2.09. The number of anilines is 1. The lowest BCUT2D eigenvalue weighted by molar-refractivity contribution is -0.120. The molecule has 2 aliphatic rings. The van der Waals surface area contributed by atoms with Gasteiger partial charge in [-0.25, -0.2) is 0 Å². The van der Waals surface area contributed by atoms with Crippen molar-refractivity contribution in [1.82, 2.24) is 0 Å². The van der Waals surface area contributed by atoms with E-state index in [0.29, 0.717) is 0 Å². The number of carbonyl (C=O) groups is 1. The zero-order valence-electron chi connectivity index (χ0n) is 12.5. The molecule has 0 aromatic heterocycles. The minimum Gasteiger partial charge on any atom is -0.325 e. The fourth-order valence-corrected chi connectivity index (χ4v) is 3.89. The van der Waals surface area contributed by atoms with Gasteiger partial charge in [0.2, 0.25) is 5.91 Å². The summed E-state index contributed by atoms with van der Waals surface area (Å²) in [7, 11) is 0. The summed E-state index contributed by atoms with van der Waals surface area (Å²) in [6.45, 7) is 4.24. The largest absolute Gasteiger partial charge is 0.325 e. The van der Waals surface area contributed by atoms with Crippen LogP contribution in [0.4, 0.5) is 5.69 Å². The molecule has 1 spiro atoms. The molecule has 0 radical (unpaired) electrons. The van der Waals surface area contributed by atoms with Crippen LogP contribution in [0.3, 0.4) is 0 Å². The lowest BCUT2D eigenvalue weighted by atomic mass is 9.78. The Bertz CT molecular complexity index is 762. The summed E-state index contributed by atoms with van der Waals surface area (Å²) in [6, 6.07) is 12.9.